The van der Waals surface area contributed by atoms with Crippen LogP contribution in [0.2, 0.25) is 0 Å². The largest absolute Gasteiger partial charge is 0.330 e. The zero-order valence-electron chi connectivity index (χ0n) is 11.5. The van der Waals surface area contributed by atoms with E-state index in [1.165, 1.54) is 11.3 Å². The molecular formula is C13H22N2O2S2. The van der Waals surface area contributed by atoms with Crippen molar-refractivity contribution in [3.05, 3.63) is 17.0 Å². The molecule has 0 saturated heterocycles. The number of hydrogen-bond donors (Lipinski definition) is 1. The van der Waals surface area contributed by atoms with E-state index >= 15 is 0 Å². The number of sulfonamides is 1. The Morgan fingerprint density at radius 3 is 2.63 bits per heavy atom. The van der Waals surface area contributed by atoms with E-state index in [0.29, 0.717) is 10.8 Å². The SMILES string of the molecule is Cc1ccc(S(=O)(=O)N(C)C2CCCCC2CN)s1. The minimum atomic E-state index is -3.36. The van der Waals surface area contributed by atoms with Crippen molar-refractivity contribution in [1.82, 2.24) is 4.31 Å². The zero-order chi connectivity index (χ0) is 14.0. The van der Waals surface area contributed by atoms with Crippen LogP contribution in [0.25, 0.3) is 0 Å². The van der Waals surface area contributed by atoms with Crippen LogP contribution < -0.4 is 5.73 Å². The van der Waals surface area contributed by atoms with Gasteiger partial charge < -0.3 is 5.73 Å². The molecule has 0 radical (unpaired) electrons. The summed E-state index contributed by atoms with van der Waals surface area (Å²) in [6.45, 7) is 2.49. The highest BCUT2D eigenvalue weighted by Gasteiger charge is 2.34. The fourth-order valence-electron chi connectivity index (χ4n) is 2.81. The van der Waals surface area contributed by atoms with Crippen molar-refractivity contribution < 1.29 is 8.42 Å². The normalized spacial score (nSPS) is 24.8. The average Bonchev–Trinajstić information content (AvgIpc) is 2.85. The fourth-order valence-corrected chi connectivity index (χ4v) is 5.73. The quantitative estimate of drug-likeness (QED) is 0.927. The predicted octanol–water partition coefficient (Wildman–Crippen LogP) is 2.19. The maximum atomic E-state index is 12.6. The first-order valence-corrected chi connectivity index (χ1v) is 8.97. The monoisotopic (exact) mass is 302 g/mol. The third-order valence-corrected chi connectivity index (χ3v) is 7.34. The van der Waals surface area contributed by atoms with E-state index in [1.54, 1.807) is 17.4 Å². The van der Waals surface area contributed by atoms with Crippen molar-refractivity contribution in [3.63, 3.8) is 0 Å². The van der Waals surface area contributed by atoms with E-state index in [0.717, 1.165) is 30.6 Å². The van der Waals surface area contributed by atoms with Gasteiger partial charge in [0, 0.05) is 18.0 Å². The first kappa shape index (κ1) is 15.0. The molecule has 0 spiro atoms. The highest BCUT2D eigenvalue weighted by atomic mass is 32.2. The van der Waals surface area contributed by atoms with Crippen LogP contribution in [0.1, 0.15) is 30.6 Å². The Bertz CT molecular complexity index is 525. The molecule has 1 fully saturated rings. The van der Waals surface area contributed by atoms with Crippen molar-refractivity contribution >= 4 is 21.4 Å². The highest BCUT2D eigenvalue weighted by Crippen LogP contribution is 2.32. The molecule has 1 aromatic heterocycles. The van der Waals surface area contributed by atoms with Gasteiger partial charge >= 0.3 is 0 Å². The smallest absolute Gasteiger partial charge is 0.252 e. The Kier molecular flexibility index (Phi) is 4.66. The summed E-state index contributed by atoms with van der Waals surface area (Å²) in [5.41, 5.74) is 5.80. The van der Waals surface area contributed by atoms with Gasteiger partial charge in [-0.2, -0.15) is 4.31 Å². The maximum Gasteiger partial charge on any atom is 0.252 e. The van der Waals surface area contributed by atoms with Gasteiger partial charge in [-0.25, -0.2) is 8.42 Å². The van der Waals surface area contributed by atoms with Crippen molar-refractivity contribution in [1.29, 1.82) is 0 Å². The zero-order valence-corrected chi connectivity index (χ0v) is 13.1. The summed E-state index contributed by atoms with van der Waals surface area (Å²) >= 11 is 1.33. The fraction of sp³-hybridized carbons (Fsp3) is 0.692. The van der Waals surface area contributed by atoms with Crippen LogP contribution in [0.5, 0.6) is 0 Å². The van der Waals surface area contributed by atoms with Gasteiger partial charge in [-0.15, -0.1) is 11.3 Å². The lowest BCUT2D eigenvalue weighted by Gasteiger charge is -2.36. The van der Waals surface area contributed by atoms with E-state index in [2.05, 4.69) is 0 Å². The lowest BCUT2D eigenvalue weighted by Crippen LogP contribution is -2.45. The Labute approximate surface area is 119 Å². The van der Waals surface area contributed by atoms with E-state index in [4.69, 9.17) is 5.73 Å². The summed E-state index contributed by atoms with van der Waals surface area (Å²) in [4.78, 5) is 1.02. The summed E-state index contributed by atoms with van der Waals surface area (Å²) in [6, 6.07) is 3.60. The van der Waals surface area contributed by atoms with Crippen molar-refractivity contribution in [2.24, 2.45) is 11.7 Å². The van der Waals surface area contributed by atoms with Crippen LogP contribution in [0.4, 0.5) is 0 Å². The van der Waals surface area contributed by atoms with Gasteiger partial charge in [0.15, 0.2) is 0 Å². The van der Waals surface area contributed by atoms with Gasteiger partial charge in [-0.1, -0.05) is 12.8 Å². The molecule has 2 atom stereocenters. The van der Waals surface area contributed by atoms with Gasteiger partial charge in [0.05, 0.1) is 0 Å². The maximum absolute atomic E-state index is 12.6. The van der Waals surface area contributed by atoms with E-state index in [9.17, 15) is 8.42 Å². The summed E-state index contributed by atoms with van der Waals surface area (Å²) in [6.07, 6.45) is 4.20. The van der Waals surface area contributed by atoms with Gasteiger partial charge in [-0.05, 0) is 44.4 Å². The Morgan fingerprint density at radius 1 is 1.37 bits per heavy atom. The van der Waals surface area contributed by atoms with E-state index in [-0.39, 0.29) is 12.0 Å². The first-order chi connectivity index (χ1) is 8.96. The molecule has 1 saturated carbocycles. The number of thiophene rings is 1. The number of aryl methyl sites for hydroxylation is 1. The third kappa shape index (κ3) is 3.02. The highest BCUT2D eigenvalue weighted by molar-refractivity contribution is 7.91. The lowest BCUT2D eigenvalue weighted by atomic mass is 9.85. The molecule has 4 nitrogen and oxygen atoms in total. The van der Waals surface area contributed by atoms with Crippen molar-refractivity contribution in [2.45, 2.75) is 42.9 Å². The first-order valence-electron chi connectivity index (χ1n) is 6.71. The van der Waals surface area contributed by atoms with Gasteiger partial charge in [-0.3, -0.25) is 0 Å². The topological polar surface area (TPSA) is 63.4 Å². The molecule has 0 aliphatic heterocycles. The van der Waals surface area contributed by atoms with Crippen LogP contribution in [-0.2, 0) is 10.0 Å². The van der Waals surface area contributed by atoms with Gasteiger partial charge in [0.25, 0.3) is 10.0 Å². The summed E-state index contributed by atoms with van der Waals surface area (Å²) in [5.74, 6) is 0.287. The minimum Gasteiger partial charge on any atom is -0.330 e. The van der Waals surface area contributed by atoms with Crippen molar-refractivity contribution in [3.8, 4) is 0 Å². The molecule has 2 unspecified atom stereocenters. The molecule has 0 amide bonds. The standard InChI is InChI=1S/C13H22N2O2S2/c1-10-7-8-13(18-10)19(16,17)15(2)12-6-4-3-5-11(12)9-14/h7-8,11-12H,3-6,9,14H2,1-2H3. The minimum absolute atomic E-state index is 0.0474. The van der Waals surface area contributed by atoms with Crippen LogP contribution in [0.3, 0.4) is 0 Å². The van der Waals surface area contributed by atoms with Crippen LogP contribution in [0, 0.1) is 12.8 Å². The molecule has 6 heteroatoms. The summed E-state index contributed by atoms with van der Waals surface area (Å²) in [7, 11) is -1.67. The van der Waals surface area contributed by atoms with Crippen LogP contribution >= 0.6 is 11.3 Å². The second-order valence-corrected chi connectivity index (χ2v) is 8.75. The molecule has 108 valence electrons. The predicted molar refractivity (Wildman–Crippen MR) is 78.8 cm³/mol. The molecule has 2 rings (SSSR count). The Hall–Kier alpha value is -0.430. The Balaban J connectivity index is 2.24. The summed E-state index contributed by atoms with van der Waals surface area (Å²) in [5, 5.41) is 0. The average molecular weight is 302 g/mol. The number of nitrogens with zero attached hydrogens (tertiary/aromatic N) is 1. The van der Waals surface area contributed by atoms with Crippen molar-refractivity contribution in [2.75, 3.05) is 13.6 Å². The summed E-state index contributed by atoms with van der Waals surface area (Å²) < 4.78 is 27.2. The second-order valence-electron chi connectivity index (χ2n) is 5.23. The molecule has 1 aliphatic rings. The molecule has 1 aliphatic carbocycles. The van der Waals surface area contributed by atoms with E-state index < -0.39 is 10.0 Å². The molecule has 0 aromatic carbocycles. The number of hydrogen-bond acceptors (Lipinski definition) is 4. The molecule has 0 bridgehead atoms. The van der Waals surface area contributed by atoms with Gasteiger partial charge in [0.2, 0.25) is 0 Å². The molecule has 1 aromatic rings. The third-order valence-electron chi connectivity index (χ3n) is 3.99. The second kappa shape index (κ2) is 5.91. The Morgan fingerprint density at radius 2 is 2.05 bits per heavy atom. The molecule has 2 N–H and O–H groups in total. The molecule has 19 heavy (non-hydrogen) atoms. The number of rotatable bonds is 4. The van der Waals surface area contributed by atoms with Crippen LogP contribution in [0.15, 0.2) is 16.3 Å². The van der Waals surface area contributed by atoms with E-state index in [1.807, 2.05) is 13.0 Å². The van der Waals surface area contributed by atoms with Crippen LogP contribution in [-0.4, -0.2) is 32.4 Å². The van der Waals surface area contributed by atoms with Gasteiger partial charge in [0.1, 0.15) is 4.21 Å². The lowest BCUT2D eigenvalue weighted by molar-refractivity contribution is 0.204. The molecule has 1 heterocycles. The molecular weight excluding hydrogens is 280 g/mol. The number of nitrogens with two attached hydrogens (primary N) is 1.